The zero-order chi connectivity index (χ0) is 19.2. The number of hydrogen-bond donors (Lipinski definition) is 2. The number of amides is 1. The summed E-state index contributed by atoms with van der Waals surface area (Å²) in [5.74, 6) is -0.485. The van der Waals surface area contributed by atoms with E-state index >= 15 is 0 Å². The molecule has 0 radical (unpaired) electrons. The number of carbonyl (C=O) groups excluding carboxylic acids is 2. The number of carbonyl (C=O) groups is 2. The Hall–Kier alpha value is -3.33. The molecule has 27 heavy (non-hydrogen) atoms. The van der Waals surface area contributed by atoms with Crippen LogP contribution in [0.5, 0.6) is 17.2 Å². The lowest BCUT2D eigenvalue weighted by Gasteiger charge is -2.07. The molecule has 0 saturated heterocycles. The predicted octanol–water partition coefficient (Wildman–Crippen LogP) is 2.57. The fraction of sp³-hybridized carbons (Fsp3) is 0.167. The number of ether oxygens (including phenoxy) is 3. The van der Waals surface area contributed by atoms with Crippen molar-refractivity contribution in [3.8, 4) is 17.2 Å². The Kier molecular flexibility index (Phi) is 5.72. The normalized spacial score (nSPS) is 10.4. The molecule has 0 unspecified atom stereocenters. The van der Waals surface area contributed by atoms with Crippen LogP contribution in [0, 0.1) is 0 Å². The summed E-state index contributed by atoms with van der Waals surface area (Å²) in [6.45, 7) is -0.895. The van der Waals surface area contributed by atoms with Gasteiger partial charge in [0.1, 0.15) is 5.75 Å². The van der Waals surface area contributed by atoms with E-state index < -0.39 is 25.1 Å². The molecule has 0 atom stereocenters. The van der Waals surface area contributed by atoms with Gasteiger partial charge in [0, 0.05) is 0 Å². The predicted molar refractivity (Wildman–Crippen MR) is 99.4 cm³/mol. The highest BCUT2D eigenvalue weighted by molar-refractivity contribution is 7.22. The summed E-state index contributed by atoms with van der Waals surface area (Å²) < 4.78 is 16.0. The van der Waals surface area contributed by atoms with Crippen molar-refractivity contribution in [1.82, 2.24) is 4.98 Å². The Morgan fingerprint density at radius 3 is 2.78 bits per heavy atom. The number of phenols is 1. The lowest BCUT2D eigenvalue weighted by Crippen LogP contribution is -2.23. The fourth-order valence-electron chi connectivity index (χ4n) is 2.14. The highest BCUT2D eigenvalue weighted by Crippen LogP contribution is 2.29. The van der Waals surface area contributed by atoms with E-state index in [1.807, 2.05) is 6.07 Å². The van der Waals surface area contributed by atoms with Gasteiger partial charge in [-0.3, -0.25) is 10.1 Å². The number of anilines is 1. The van der Waals surface area contributed by atoms with E-state index in [0.29, 0.717) is 10.9 Å². The average Bonchev–Trinajstić information content (AvgIpc) is 3.06. The molecule has 3 aromatic rings. The van der Waals surface area contributed by atoms with Gasteiger partial charge in [-0.05, 0) is 30.3 Å². The quantitative estimate of drug-likeness (QED) is 0.599. The van der Waals surface area contributed by atoms with Crippen LogP contribution in [0.15, 0.2) is 42.5 Å². The van der Waals surface area contributed by atoms with Crippen LogP contribution in [-0.4, -0.2) is 42.3 Å². The molecule has 9 heteroatoms. The van der Waals surface area contributed by atoms with E-state index in [4.69, 9.17) is 14.2 Å². The van der Waals surface area contributed by atoms with E-state index in [1.165, 1.54) is 23.5 Å². The van der Waals surface area contributed by atoms with E-state index in [9.17, 15) is 14.7 Å². The van der Waals surface area contributed by atoms with Crippen LogP contribution in [0.4, 0.5) is 5.13 Å². The molecular weight excluding hydrogens is 372 g/mol. The first kappa shape index (κ1) is 18.5. The Morgan fingerprint density at radius 1 is 1.19 bits per heavy atom. The number of rotatable bonds is 7. The van der Waals surface area contributed by atoms with Gasteiger partial charge in [0.15, 0.2) is 29.8 Å². The monoisotopic (exact) mass is 388 g/mol. The van der Waals surface area contributed by atoms with Gasteiger partial charge in [0.2, 0.25) is 0 Å². The summed E-state index contributed by atoms with van der Waals surface area (Å²) in [5, 5.41) is 12.5. The van der Waals surface area contributed by atoms with Gasteiger partial charge in [-0.25, -0.2) is 9.78 Å². The summed E-state index contributed by atoms with van der Waals surface area (Å²) in [6.07, 6.45) is 0. The molecule has 0 aliphatic rings. The number of phenolic OH excluding ortho intramolecular Hbond substituents is 1. The van der Waals surface area contributed by atoms with E-state index in [1.54, 1.807) is 31.4 Å². The second-order valence-electron chi connectivity index (χ2n) is 5.32. The van der Waals surface area contributed by atoms with Crippen LogP contribution in [0.3, 0.4) is 0 Å². The first-order chi connectivity index (χ1) is 13.0. The largest absolute Gasteiger partial charge is 0.504 e. The van der Waals surface area contributed by atoms with E-state index in [0.717, 1.165) is 10.2 Å². The molecule has 3 rings (SSSR count). The maximum atomic E-state index is 11.9. The SMILES string of the molecule is COc1ccc2nc(NC(=O)COC(=O)COc3ccccc3O)sc2c1. The minimum Gasteiger partial charge on any atom is -0.504 e. The van der Waals surface area contributed by atoms with Gasteiger partial charge >= 0.3 is 5.97 Å². The van der Waals surface area contributed by atoms with Crippen molar-refractivity contribution in [2.75, 3.05) is 25.6 Å². The number of nitrogens with zero attached hydrogens (tertiary/aromatic N) is 1. The first-order valence-electron chi connectivity index (χ1n) is 7.86. The second kappa shape index (κ2) is 8.37. The smallest absolute Gasteiger partial charge is 0.344 e. The number of aromatic nitrogens is 1. The topological polar surface area (TPSA) is 107 Å². The van der Waals surface area contributed by atoms with Crippen LogP contribution in [0.1, 0.15) is 0 Å². The summed E-state index contributed by atoms with van der Waals surface area (Å²) >= 11 is 1.28. The molecule has 0 fully saturated rings. The molecule has 0 saturated carbocycles. The molecule has 2 aromatic carbocycles. The molecule has 1 amide bonds. The van der Waals surface area contributed by atoms with Crippen LogP contribution >= 0.6 is 11.3 Å². The zero-order valence-electron chi connectivity index (χ0n) is 14.3. The van der Waals surface area contributed by atoms with Crippen LogP contribution in [0.25, 0.3) is 10.2 Å². The maximum absolute atomic E-state index is 11.9. The molecule has 0 aliphatic carbocycles. The number of fused-ring (bicyclic) bond motifs is 1. The number of nitrogens with one attached hydrogen (secondary N) is 1. The molecule has 0 bridgehead atoms. The fourth-order valence-corrected chi connectivity index (χ4v) is 3.05. The first-order valence-corrected chi connectivity index (χ1v) is 8.67. The maximum Gasteiger partial charge on any atom is 0.344 e. The van der Waals surface area contributed by atoms with Gasteiger partial charge in [-0.2, -0.15) is 0 Å². The van der Waals surface area contributed by atoms with E-state index in [2.05, 4.69) is 10.3 Å². The summed E-state index contributed by atoms with van der Waals surface area (Å²) in [6, 6.07) is 11.6. The third kappa shape index (κ3) is 4.85. The van der Waals surface area contributed by atoms with Gasteiger partial charge < -0.3 is 19.3 Å². The highest BCUT2D eigenvalue weighted by atomic mass is 32.1. The van der Waals surface area contributed by atoms with E-state index in [-0.39, 0.29) is 11.5 Å². The van der Waals surface area contributed by atoms with Gasteiger partial charge in [0.25, 0.3) is 5.91 Å². The average molecular weight is 388 g/mol. The molecule has 140 valence electrons. The third-order valence-electron chi connectivity index (χ3n) is 3.42. The van der Waals surface area contributed by atoms with Crippen LogP contribution < -0.4 is 14.8 Å². The zero-order valence-corrected chi connectivity index (χ0v) is 15.1. The van der Waals surface area contributed by atoms with Crippen molar-refractivity contribution < 1.29 is 28.9 Å². The van der Waals surface area contributed by atoms with Crippen molar-refractivity contribution in [1.29, 1.82) is 0 Å². The number of benzene rings is 2. The molecule has 1 aromatic heterocycles. The van der Waals surface area contributed by atoms with Crippen molar-refractivity contribution in [3.63, 3.8) is 0 Å². The number of hydrogen-bond acceptors (Lipinski definition) is 8. The molecule has 1 heterocycles. The highest BCUT2D eigenvalue weighted by Gasteiger charge is 2.12. The molecule has 2 N–H and O–H groups in total. The minimum absolute atomic E-state index is 0.0875. The Labute approximate surface area is 158 Å². The standard InChI is InChI=1S/C18H16N2O6S/c1-24-11-6-7-12-15(8-11)27-18(19-12)20-16(22)9-26-17(23)10-25-14-5-3-2-4-13(14)21/h2-8,21H,9-10H2,1H3,(H,19,20,22). The lowest BCUT2D eigenvalue weighted by molar-refractivity contribution is -0.149. The van der Waals surface area contributed by atoms with Gasteiger partial charge in [-0.15, -0.1) is 0 Å². The number of para-hydroxylation sites is 2. The van der Waals surface area contributed by atoms with Crippen LogP contribution in [-0.2, 0) is 14.3 Å². The summed E-state index contributed by atoms with van der Waals surface area (Å²) in [5.41, 5.74) is 0.726. The summed E-state index contributed by atoms with van der Waals surface area (Å²) in [4.78, 5) is 27.9. The molecular formula is C18H16N2O6S. The minimum atomic E-state index is -0.734. The number of esters is 1. The Balaban J connectivity index is 1.48. The number of aromatic hydroxyl groups is 1. The van der Waals surface area contributed by atoms with Gasteiger partial charge in [-0.1, -0.05) is 23.5 Å². The van der Waals surface area contributed by atoms with Crippen molar-refractivity contribution in [2.24, 2.45) is 0 Å². The Morgan fingerprint density at radius 2 is 2.00 bits per heavy atom. The second-order valence-corrected chi connectivity index (χ2v) is 6.35. The van der Waals surface area contributed by atoms with Crippen molar-refractivity contribution in [3.05, 3.63) is 42.5 Å². The number of methoxy groups -OCH3 is 1. The molecule has 0 spiro atoms. The molecule has 8 nitrogen and oxygen atoms in total. The van der Waals surface area contributed by atoms with Crippen molar-refractivity contribution >= 4 is 38.6 Å². The Bertz CT molecular complexity index is 971. The van der Waals surface area contributed by atoms with Gasteiger partial charge in [0.05, 0.1) is 17.3 Å². The number of thiazole rings is 1. The van der Waals surface area contributed by atoms with Crippen molar-refractivity contribution in [2.45, 2.75) is 0 Å². The summed E-state index contributed by atoms with van der Waals surface area (Å²) in [7, 11) is 1.57. The van der Waals surface area contributed by atoms with Crippen LogP contribution in [0.2, 0.25) is 0 Å². The molecule has 0 aliphatic heterocycles. The lowest BCUT2D eigenvalue weighted by atomic mass is 10.3. The third-order valence-corrected chi connectivity index (χ3v) is 4.35.